The molecule has 0 N–H and O–H groups in total. The summed E-state index contributed by atoms with van der Waals surface area (Å²) in [5.41, 5.74) is 0. The van der Waals surface area contributed by atoms with Crippen LogP contribution in [0.5, 0.6) is 0 Å². The molecular weight excluding hydrogens is 591 g/mol. The normalized spacial score (nSPS) is 13.8. The second-order valence-electron chi connectivity index (χ2n) is 13.7. The zero-order chi connectivity index (χ0) is 33.5. The molecule has 44 heavy (non-hydrogen) atoms. The molecule has 0 saturated carbocycles. The monoisotopic (exact) mass is 668 g/mol. The molecule has 0 amide bonds. The summed E-state index contributed by atoms with van der Waals surface area (Å²) < 4.78 is 60.7. The van der Waals surface area contributed by atoms with Crippen LogP contribution in [0, 0.1) is 0 Å². The molecule has 0 unspecified atom stereocenters. The average molecular weight is 668 g/mol. The van der Waals surface area contributed by atoms with Gasteiger partial charge in [-0.3, -0.25) is 0 Å². The molecule has 1 nitrogen and oxygen atoms in total. The number of nitrogens with zero attached hydrogens (tertiary/aromatic N) is 1. The Balaban J connectivity index is 0. The summed E-state index contributed by atoms with van der Waals surface area (Å²) in [5, 5.41) is 0. The van der Waals surface area contributed by atoms with Crippen LogP contribution < -0.4 is 0 Å². The predicted molar refractivity (Wildman–Crippen MR) is 185 cm³/mol. The number of quaternary nitrogens is 1. The van der Waals surface area contributed by atoms with E-state index in [0.29, 0.717) is 0 Å². The first kappa shape index (κ1) is 46.1. The Kier molecular flexibility index (Phi) is 28.3. The van der Waals surface area contributed by atoms with E-state index in [4.69, 9.17) is 0 Å². The van der Waals surface area contributed by atoms with Gasteiger partial charge < -0.3 is 4.48 Å². The second kappa shape index (κ2) is 27.0. The Labute approximate surface area is 270 Å². The Bertz CT molecular complexity index is 544. The summed E-state index contributed by atoms with van der Waals surface area (Å²) in [5.74, 6) is 0. The summed E-state index contributed by atoms with van der Waals surface area (Å²) in [6.07, 6.45) is 40.7. The molecule has 8 heteroatoms. The van der Waals surface area contributed by atoms with Crippen molar-refractivity contribution in [3.63, 3.8) is 0 Å². The number of unbranched alkanes of at least 4 members (excludes halogenated alkanes) is 24. The Morgan fingerprint density at radius 2 is 0.409 bits per heavy atom. The van der Waals surface area contributed by atoms with Gasteiger partial charge in [-0.1, -0.05) is 156 Å². The minimum absolute atomic E-state index is 1.37. The van der Waals surface area contributed by atoms with E-state index < -0.39 is 7.81 Å². The van der Waals surface area contributed by atoms with Crippen molar-refractivity contribution in [3.8, 4) is 0 Å². The fourth-order valence-corrected chi connectivity index (χ4v) is 6.29. The summed E-state index contributed by atoms with van der Waals surface area (Å²) >= 11 is 0. The van der Waals surface area contributed by atoms with E-state index >= 15 is 0 Å². The van der Waals surface area contributed by atoms with Crippen LogP contribution in [-0.2, 0) is 0 Å². The molecule has 0 spiro atoms. The second-order valence-corrected chi connectivity index (χ2v) is 15.6. The van der Waals surface area contributed by atoms with E-state index in [9.17, 15) is 25.2 Å². The van der Waals surface area contributed by atoms with Gasteiger partial charge in [-0.05, 0) is 51.4 Å². The molecule has 0 fully saturated rings. The molecule has 0 aromatic rings. The number of hydrogen-bond acceptors (Lipinski definition) is 0. The zero-order valence-electron chi connectivity index (χ0n) is 29.8. The van der Waals surface area contributed by atoms with E-state index in [2.05, 4.69) is 27.7 Å². The Morgan fingerprint density at radius 1 is 0.273 bits per heavy atom. The number of rotatable bonds is 32. The van der Waals surface area contributed by atoms with Gasteiger partial charge >= 0.3 is 33.0 Å². The van der Waals surface area contributed by atoms with Gasteiger partial charge in [-0.2, -0.15) is 0 Å². The zero-order valence-corrected chi connectivity index (χ0v) is 30.7. The van der Waals surface area contributed by atoms with Gasteiger partial charge in [-0.25, -0.2) is 0 Å². The van der Waals surface area contributed by atoms with E-state index in [-0.39, 0.29) is 0 Å². The molecule has 0 aliphatic carbocycles. The topological polar surface area (TPSA) is 0 Å². The van der Waals surface area contributed by atoms with Crippen LogP contribution in [0.1, 0.15) is 207 Å². The molecule has 0 rings (SSSR count). The third-order valence-electron chi connectivity index (χ3n) is 8.94. The summed E-state index contributed by atoms with van der Waals surface area (Å²) in [6.45, 7) is 15.3. The third kappa shape index (κ3) is 44.1. The van der Waals surface area contributed by atoms with Gasteiger partial charge in [0.15, 0.2) is 0 Å². The third-order valence-corrected chi connectivity index (χ3v) is 8.94. The Morgan fingerprint density at radius 3 is 0.568 bits per heavy atom. The molecular formula is C36H76F6NP. The standard InChI is InChI=1S/C36H76N.F6P/c1-5-9-13-17-21-22-23-24-28-32-36-37(33-29-25-18-14-10-6-2,34-30-26-19-15-11-7-3)35-31-27-20-16-12-8-4;1-7(2,3,4,5)6/h5-36H2,1-4H3;/q+1;-1. The first-order chi connectivity index (χ1) is 20.7. The van der Waals surface area contributed by atoms with Crippen LogP contribution in [0.15, 0.2) is 0 Å². The van der Waals surface area contributed by atoms with Crippen LogP contribution in [0.3, 0.4) is 0 Å². The maximum absolute atomic E-state index is 10.7. The SMILES string of the molecule is CCCCCCCCCCCC[N+](CCCCCCCC)(CCCCCCCC)CCCCCCCC.F[P-](F)(F)(F)(F)F. The molecule has 0 bridgehead atoms. The van der Waals surface area contributed by atoms with Gasteiger partial charge in [0.2, 0.25) is 0 Å². The molecule has 0 aliphatic heterocycles. The van der Waals surface area contributed by atoms with Gasteiger partial charge in [0, 0.05) is 0 Å². The first-order valence-corrected chi connectivity index (χ1v) is 21.1. The minimum atomic E-state index is -10.7. The van der Waals surface area contributed by atoms with E-state index in [0.717, 1.165) is 0 Å². The van der Waals surface area contributed by atoms with Crippen molar-refractivity contribution in [2.45, 2.75) is 207 Å². The van der Waals surface area contributed by atoms with E-state index in [1.807, 2.05) is 0 Å². The van der Waals surface area contributed by atoms with Gasteiger partial charge in [-0.15, -0.1) is 0 Å². The average Bonchev–Trinajstić information content (AvgIpc) is 2.93. The van der Waals surface area contributed by atoms with Crippen LogP contribution >= 0.6 is 7.81 Å². The van der Waals surface area contributed by atoms with Crippen molar-refractivity contribution in [2.24, 2.45) is 0 Å². The van der Waals surface area contributed by atoms with Crippen LogP contribution in [0.4, 0.5) is 25.2 Å². The van der Waals surface area contributed by atoms with Crippen molar-refractivity contribution in [1.82, 2.24) is 0 Å². The molecule has 0 heterocycles. The fraction of sp³-hybridized carbons (Fsp3) is 1.00. The molecule has 0 atom stereocenters. The van der Waals surface area contributed by atoms with Crippen molar-refractivity contribution in [2.75, 3.05) is 26.2 Å². The van der Waals surface area contributed by atoms with Crippen molar-refractivity contribution in [1.29, 1.82) is 0 Å². The van der Waals surface area contributed by atoms with Crippen molar-refractivity contribution < 1.29 is 29.7 Å². The summed E-state index contributed by atoms with van der Waals surface area (Å²) in [4.78, 5) is 0. The molecule has 0 aromatic carbocycles. The van der Waals surface area contributed by atoms with E-state index in [1.54, 1.807) is 0 Å². The van der Waals surface area contributed by atoms with Crippen molar-refractivity contribution in [3.05, 3.63) is 0 Å². The molecule has 0 aliphatic rings. The van der Waals surface area contributed by atoms with Gasteiger partial charge in [0.25, 0.3) is 0 Å². The van der Waals surface area contributed by atoms with Crippen LogP contribution in [0.2, 0.25) is 0 Å². The summed E-state index contributed by atoms with van der Waals surface area (Å²) in [7, 11) is -10.7. The number of halogens is 6. The van der Waals surface area contributed by atoms with Crippen molar-refractivity contribution >= 4 is 7.81 Å². The fourth-order valence-electron chi connectivity index (χ4n) is 6.29. The first-order valence-electron chi connectivity index (χ1n) is 19.1. The molecule has 0 radical (unpaired) electrons. The maximum atomic E-state index is 9.87. The molecule has 0 saturated heterocycles. The van der Waals surface area contributed by atoms with Crippen LogP contribution in [0.25, 0.3) is 0 Å². The molecule has 0 aromatic heterocycles. The van der Waals surface area contributed by atoms with E-state index in [1.165, 1.54) is 210 Å². The quantitative estimate of drug-likeness (QED) is 0.0290. The van der Waals surface area contributed by atoms with Gasteiger partial charge in [0.1, 0.15) is 0 Å². The van der Waals surface area contributed by atoms with Crippen LogP contribution in [-0.4, -0.2) is 30.7 Å². The predicted octanol–water partition coefficient (Wildman–Crippen LogP) is 16.2. The Hall–Kier alpha value is -0.0300. The number of hydrogen-bond donors (Lipinski definition) is 0. The van der Waals surface area contributed by atoms with Gasteiger partial charge in [0.05, 0.1) is 26.2 Å². The summed E-state index contributed by atoms with van der Waals surface area (Å²) in [6, 6.07) is 0. The molecule has 272 valence electrons.